The van der Waals surface area contributed by atoms with Crippen molar-refractivity contribution < 1.29 is 8.42 Å². The van der Waals surface area contributed by atoms with E-state index >= 15 is 0 Å². The van der Waals surface area contributed by atoms with Gasteiger partial charge in [-0.25, -0.2) is 0 Å². The first-order chi connectivity index (χ1) is 7.60. The molecule has 2 saturated heterocycles. The molecule has 0 unspecified atom stereocenters. The smallest absolute Gasteiger partial charge is 0.195 e. The van der Waals surface area contributed by atoms with Crippen molar-refractivity contribution in [1.29, 1.82) is 0 Å². The first-order valence-electron chi connectivity index (χ1n) is 6.00. The van der Waals surface area contributed by atoms with Gasteiger partial charge in [-0.2, -0.15) is 17.0 Å². The van der Waals surface area contributed by atoms with Gasteiger partial charge in [-0.1, -0.05) is 6.42 Å². The van der Waals surface area contributed by atoms with Crippen LogP contribution < -0.4 is 0 Å². The molecule has 16 heavy (non-hydrogen) atoms. The highest BCUT2D eigenvalue weighted by molar-refractivity contribution is 7.86. The average Bonchev–Trinajstić information content (AvgIpc) is 2.31. The number of rotatable bonds is 2. The van der Waals surface area contributed by atoms with Crippen molar-refractivity contribution in [3.05, 3.63) is 0 Å². The zero-order valence-corrected chi connectivity index (χ0v) is 11.0. The van der Waals surface area contributed by atoms with Crippen LogP contribution in [0.25, 0.3) is 0 Å². The predicted octanol–water partition coefficient (Wildman–Crippen LogP) is 1.42. The fourth-order valence-corrected chi connectivity index (χ4v) is 4.23. The number of nitrogens with zero attached hydrogens (tertiary/aromatic N) is 2. The molecule has 0 aromatic heterocycles. The molecule has 2 aliphatic heterocycles. The number of hydrogen-bond donors (Lipinski definition) is 0. The summed E-state index contributed by atoms with van der Waals surface area (Å²) in [5.74, 6) is 0. The minimum absolute atomic E-state index is 0.146. The molecule has 0 aliphatic carbocycles. The van der Waals surface area contributed by atoms with E-state index in [0.29, 0.717) is 26.2 Å². The molecule has 6 heteroatoms. The molecule has 0 saturated carbocycles. The van der Waals surface area contributed by atoms with E-state index in [1.807, 2.05) is 0 Å². The van der Waals surface area contributed by atoms with Crippen molar-refractivity contribution in [3.63, 3.8) is 0 Å². The molecule has 0 spiro atoms. The van der Waals surface area contributed by atoms with Crippen LogP contribution in [0.1, 0.15) is 32.1 Å². The molecule has 2 heterocycles. The Morgan fingerprint density at radius 2 is 1.38 bits per heavy atom. The van der Waals surface area contributed by atoms with Gasteiger partial charge in [0.05, 0.1) is 0 Å². The van der Waals surface area contributed by atoms with Gasteiger partial charge in [0.1, 0.15) is 0 Å². The lowest BCUT2D eigenvalue weighted by atomic mass is 10.2. The van der Waals surface area contributed by atoms with E-state index in [2.05, 4.69) is 0 Å². The van der Waals surface area contributed by atoms with Gasteiger partial charge in [-0.05, 0) is 25.7 Å². The van der Waals surface area contributed by atoms with Gasteiger partial charge in [-0.15, -0.1) is 11.6 Å². The van der Waals surface area contributed by atoms with Crippen LogP contribution >= 0.6 is 11.6 Å². The number of halogens is 1. The van der Waals surface area contributed by atoms with Gasteiger partial charge >= 0.3 is 0 Å². The molecule has 0 atom stereocenters. The highest BCUT2D eigenvalue weighted by Crippen LogP contribution is 2.22. The fourth-order valence-electron chi connectivity index (χ4n) is 2.31. The lowest BCUT2D eigenvalue weighted by Gasteiger charge is -2.34. The highest BCUT2D eigenvalue weighted by atomic mass is 35.5. The zero-order chi connectivity index (χ0) is 11.6. The number of hydrogen-bond acceptors (Lipinski definition) is 2. The molecule has 2 fully saturated rings. The van der Waals surface area contributed by atoms with Gasteiger partial charge in [0.2, 0.25) is 0 Å². The van der Waals surface area contributed by atoms with Crippen LogP contribution in [0.3, 0.4) is 0 Å². The van der Waals surface area contributed by atoms with Crippen LogP contribution in [-0.4, -0.2) is 48.6 Å². The van der Waals surface area contributed by atoms with E-state index in [4.69, 9.17) is 11.6 Å². The maximum absolute atomic E-state index is 12.3. The van der Waals surface area contributed by atoms with Crippen molar-refractivity contribution in [3.8, 4) is 0 Å². The van der Waals surface area contributed by atoms with Crippen LogP contribution in [-0.2, 0) is 10.2 Å². The molecule has 0 N–H and O–H groups in total. The monoisotopic (exact) mass is 266 g/mol. The normalized spacial score (nSPS) is 27.1. The third-order valence-corrected chi connectivity index (χ3v) is 5.82. The molecular formula is C10H19ClN2O2S. The van der Waals surface area contributed by atoms with Crippen molar-refractivity contribution in [2.24, 2.45) is 0 Å². The summed E-state index contributed by atoms with van der Waals surface area (Å²) in [7, 11) is -3.20. The summed E-state index contributed by atoms with van der Waals surface area (Å²) in [6.45, 7) is 2.52. The maximum atomic E-state index is 12.3. The van der Waals surface area contributed by atoms with Crippen molar-refractivity contribution in [1.82, 2.24) is 8.61 Å². The van der Waals surface area contributed by atoms with Gasteiger partial charge in [0.25, 0.3) is 10.2 Å². The predicted molar refractivity (Wildman–Crippen MR) is 64.8 cm³/mol. The molecule has 0 aromatic rings. The second-order valence-corrected chi connectivity index (χ2v) is 7.09. The van der Waals surface area contributed by atoms with E-state index < -0.39 is 10.2 Å². The Hall–Kier alpha value is 0.160. The van der Waals surface area contributed by atoms with Crippen molar-refractivity contribution in [2.45, 2.75) is 37.5 Å². The molecule has 0 aromatic carbocycles. The molecular weight excluding hydrogens is 248 g/mol. The summed E-state index contributed by atoms with van der Waals surface area (Å²) < 4.78 is 27.7. The Bertz CT molecular complexity index is 320. The lowest BCUT2D eigenvalue weighted by molar-refractivity contribution is 0.283. The lowest BCUT2D eigenvalue weighted by Crippen LogP contribution is -2.48. The SMILES string of the molecule is O=S(=O)(N1CCCCC1)N1CCC(Cl)CC1. The quantitative estimate of drug-likeness (QED) is 0.710. The van der Waals surface area contributed by atoms with Crippen molar-refractivity contribution >= 4 is 21.8 Å². The Morgan fingerprint density at radius 3 is 1.94 bits per heavy atom. The number of piperidine rings is 2. The Labute approximate surface area is 103 Å². The molecule has 2 aliphatic rings. The summed E-state index contributed by atoms with van der Waals surface area (Å²) in [5, 5.41) is 0.146. The zero-order valence-electron chi connectivity index (χ0n) is 9.44. The molecule has 94 valence electrons. The Morgan fingerprint density at radius 1 is 0.875 bits per heavy atom. The first kappa shape index (κ1) is 12.6. The fraction of sp³-hybridized carbons (Fsp3) is 1.00. The highest BCUT2D eigenvalue weighted by Gasteiger charge is 2.32. The minimum atomic E-state index is -3.20. The van der Waals surface area contributed by atoms with Crippen LogP contribution in [0.5, 0.6) is 0 Å². The van der Waals surface area contributed by atoms with Crippen molar-refractivity contribution in [2.75, 3.05) is 26.2 Å². The van der Waals surface area contributed by atoms with E-state index in [0.717, 1.165) is 32.1 Å². The second-order valence-electron chi connectivity index (χ2n) is 4.54. The van der Waals surface area contributed by atoms with Gasteiger partial charge in [0.15, 0.2) is 0 Å². The Balaban J connectivity index is 2.00. The van der Waals surface area contributed by atoms with E-state index in [-0.39, 0.29) is 5.38 Å². The molecule has 0 radical (unpaired) electrons. The number of alkyl halides is 1. The van der Waals surface area contributed by atoms with Gasteiger partial charge in [0, 0.05) is 31.6 Å². The Kier molecular flexibility index (Phi) is 4.11. The summed E-state index contributed by atoms with van der Waals surface area (Å²) in [6, 6.07) is 0. The largest absolute Gasteiger partial charge is 0.281 e. The minimum Gasteiger partial charge on any atom is -0.195 e. The standard InChI is InChI=1S/C10H19ClN2O2S/c11-10-4-8-13(9-5-10)16(14,15)12-6-2-1-3-7-12/h10H,1-9H2. The topological polar surface area (TPSA) is 40.6 Å². The van der Waals surface area contributed by atoms with Crippen LogP contribution in [0.2, 0.25) is 0 Å². The molecule has 0 amide bonds. The maximum Gasteiger partial charge on any atom is 0.281 e. The average molecular weight is 267 g/mol. The molecule has 4 nitrogen and oxygen atoms in total. The summed E-state index contributed by atoms with van der Waals surface area (Å²) >= 11 is 5.98. The molecule has 0 bridgehead atoms. The van der Waals surface area contributed by atoms with E-state index in [1.165, 1.54) is 0 Å². The molecule has 2 rings (SSSR count). The summed E-state index contributed by atoms with van der Waals surface area (Å²) in [5.41, 5.74) is 0. The summed E-state index contributed by atoms with van der Waals surface area (Å²) in [4.78, 5) is 0. The first-order valence-corrected chi connectivity index (χ1v) is 7.83. The second kappa shape index (κ2) is 5.21. The van der Waals surface area contributed by atoms with Gasteiger partial charge in [-0.3, -0.25) is 0 Å². The third-order valence-electron chi connectivity index (χ3n) is 3.35. The van der Waals surface area contributed by atoms with E-state index in [1.54, 1.807) is 8.61 Å². The summed E-state index contributed by atoms with van der Waals surface area (Å²) in [6.07, 6.45) is 4.68. The van der Waals surface area contributed by atoms with Crippen LogP contribution in [0, 0.1) is 0 Å². The van der Waals surface area contributed by atoms with E-state index in [9.17, 15) is 8.42 Å². The van der Waals surface area contributed by atoms with Gasteiger partial charge < -0.3 is 0 Å². The van der Waals surface area contributed by atoms with Crippen LogP contribution in [0.15, 0.2) is 0 Å². The van der Waals surface area contributed by atoms with Crippen LogP contribution in [0.4, 0.5) is 0 Å². The third kappa shape index (κ3) is 2.70.